The van der Waals surface area contributed by atoms with Crippen LogP contribution in [0, 0.1) is 0 Å². The molecule has 4 aromatic rings. The first kappa shape index (κ1) is 22.2. The number of hydrogen-bond acceptors (Lipinski definition) is 6. The van der Waals surface area contributed by atoms with Gasteiger partial charge in [0.2, 0.25) is 0 Å². The van der Waals surface area contributed by atoms with Gasteiger partial charge in [-0.25, -0.2) is 18.1 Å². The van der Waals surface area contributed by atoms with Crippen LogP contribution in [0.15, 0.2) is 96.4 Å². The van der Waals surface area contributed by atoms with Crippen molar-refractivity contribution in [3.8, 4) is 5.75 Å². The van der Waals surface area contributed by atoms with E-state index in [4.69, 9.17) is 4.74 Å². The first-order valence-electron chi connectivity index (χ1n) is 10.2. The van der Waals surface area contributed by atoms with Crippen molar-refractivity contribution in [2.24, 2.45) is 0 Å². The van der Waals surface area contributed by atoms with Crippen molar-refractivity contribution in [3.63, 3.8) is 0 Å². The van der Waals surface area contributed by atoms with Gasteiger partial charge in [0.05, 0.1) is 17.2 Å². The van der Waals surface area contributed by atoms with Crippen LogP contribution >= 0.6 is 0 Å². The van der Waals surface area contributed by atoms with E-state index >= 15 is 0 Å². The number of aromatic nitrogens is 3. The van der Waals surface area contributed by atoms with E-state index in [1.165, 1.54) is 6.33 Å². The Hall–Kier alpha value is -3.98. The molecule has 0 aliphatic carbocycles. The Kier molecular flexibility index (Phi) is 6.80. The van der Waals surface area contributed by atoms with Gasteiger partial charge in [-0.3, -0.25) is 4.79 Å². The predicted molar refractivity (Wildman–Crippen MR) is 124 cm³/mol. The van der Waals surface area contributed by atoms with Crippen molar-refractivity contribution in [2.75, 3.05) is 11.9 Å². The molecule has 0 aliphatic heterocycles. The highest BCUT2D eigenvalue weighted by Gasteiger charge is 2.16. The minimum absolute atomic E-state index is 0.187. The summed E-state index contributed by atoms with van der Waals surface area (Å²) in [5.74, 6) is 0.0806. The summed E-state index contributed by atoms with van der Waals surface area (Å²) >= 11 is 0. The van der Waals surface area contributed by atoms with Crippen LogP contribution in [0.4, 0.5) is 5.69 Å². The molecule has 0 unspecified atom stereocenters. The van der Waals surface area contributed by atoms with Gasteiger partial charge in [0.15, 0.2) is 9.84 Å². The molecule has 3 aromatic carbocycles. The Bertz CT molecular complexity index is 1320. The van der Waals surface area contributed by atoms with E-state index in [0.29, 0.717) is 35.7 Å². The molecular weight excluding hydrogens is 440 g/mol. The fourth-order valence-electron chi connectivity index (χ4n) is 3.21. The van der Waals surface area contributed by atoms with Crippen molar-refractivity contribution >= 4 is 21.4 Å². The van der Waals surface area contributed by atoms with E-state index in [2.05, 4.69) is 15.4 Å². The van der Waals surface area contributed by atoms with Crippen LogP contribution in [-0.2, 0) is 22.1 Å². The Morgan fingerprint density at radius 1 is 0.970 bits per heavy atom. The highest BCUT2D eigenvalue weighted by atomic mass is 32.2. The molecule has 33 heavy (non-hydrogen) atoms. The first-order valence-corrected chi connectivity index (χ1v) is 11.9. The van der Waals surface area contributed by atoms with Gasteiger partial charge in [0.1, 0.15) is 25.0 Å². The van der Waals surface area contributed by atoms with Crippen molar-refractivity contribution in [1.82, 2.24) is 14.8 Å². The fraction of sp³-hybridized carbons (Fsp3) is 0.125. The topological polar surface area (TPSA) is 103 Å². The number of carbonyl (C=O) groups is 1. The molecule has 0 saturated carbocycles. The number of sulfone groups is 1. The molecule has 1 heterocycles. The standard InChI is InChI=1S/C24H22N4O4S/c29-24(27-21-8-5-9-22(15-21)32-13-12-28-18-25-17-26-28)20-7-4-6-19(14-20)16-33(30,31)23-10-2-1-3-11-23/h1-11,14-15,17-18H,12-13,16H2,(H,27,29). The maximum absolute atomic E-state index is 12.8. The van der Waals surface area contributed by atoms with Gasteiger partial charge in [-0.1, -0.05) is 36.4 Å². The Labute approximate surface area is 191 Å². The molecule has 0 spiro atoms. The van der Waals surface area contributed by atoms with Gasteiger partial charge in [-0.05, 0) is 42.0 Å². The number of nitrogens with one attached hydrogen (secondary N) is 1. The second-order valence-corrected chi connectivity index (χ2v) is 9.25. The summed E-state index contributed by atoms with van der Waals surface area (Å²) in [6.07, 6.45) is 3.07. The van der Waals surface area contributed by atoms with Gasteiger partial charge in [-0.15, -0.1) is 0 Å². The zero-order valence-corrected chi connectivity index (χ0v) is 18.5. The molecule has 0 radical (unpaired) electrons. The lowest BCUT2D eigenvalue weighted by Crippen LogP contribution is -2.13. The Balaban J connectivity index is 1.39. The van der Waals surface area contributed by atoms with Crippen LogP contribution in [0.1, 0.15) is 15.9 Å². The third-order valence-corrected chi connectivity index (χ3v) is 6.50. The number of nitrogens with zero attached hydrogens (tertiary/aromatic N) is 3. The number of benzene rings is 3. The summed E-state index contributed by atoms with van der Waals surface area (Å²) < 4.78 is 32.7. The number of rotatable bonds is 9. The van der Waals surface area contributed by atoms with Crippen molar-refractivity contribution in [2.45, 2.75) is 17.2 Å². The monoisotopic (exact) mass is 462 g/mol. The van der Waals surface area contributed by atoms with Crippen molar-refractivity contribution < 1.29 is 17.9 Å². The molecule has 0 fully saturated rings. The molecule has 4 rings (SSSR count). The lowest BCUT2D eigenvalue weighted by Gasteiger charge is -2.10. The molecule has 1 N–H and O–H groups in total. The van der Waals surface area contributed by atoms with Crippen LogP contribution in [-0.4, -0.2) is 35.7 Å². The molecule has 8 nitrogen and oxygen atoms in total. The van der Waals surface area contributed by atoms with Crippen LogP contribution in [0.5, 0.6) is 5.75 Å². The summed E-state index contributed by atoms with van der Waals surface area (Å²) in [7, 11) is -3.50. The van der Waals surface area contributed by atoms with Crippen molar-refractivity contribution in [1.29, 1.82) is 0 Å². The maximum Gasteiger partial charge on any atom is 0.255 e. The zero-order chi connectivity index (χ0) is 23.1. The zero-order valence-electron chi connectivity index (χ0n) is 17.7. The number of carbonyl (C=O) groups excluding carboxylic acids is 1. The second-order valence-electron chi connectivity index (χ2n) is 7.26. The normalized spacial score (nSPS) is 11.2. The van der Waals surface area contributed by atoms with Gasteiger partial charge in [0.25, 0.3) is 5.91 Å². The lowest BCUT2D eigenvalue weighted by molar-refractivity contribution is 0.102. The minimum Gasteiger partial charge on any atom is -0.492 e. The van der Waals surface area contributed by atoms with Crippen LogP contribution in [0.3, 0.4) is 0 Å². The minimum atomic E-state index is -3.50. The third-order valence-electron chi connectivity index (χ3n) is 4.80. The van der Waals surface area contributed by atoms with Crippen molar-refractivity contribution in [3.05, 3.63) is 103 Å². The number of hydrogen-bond donors (Lipinski definition) is 1. The third kappa shape index (κ3) is 6.05. The Morgan fingerprint density at radius 3 is 2.58 bits per heavy atom. The molecule has 1 amide bonds. The van der Waals surface area contributed by atoms with E-state index in [9.17, 15) is 13.2 Å². The summed E-state index contributed by atoms with van der Waals surface area (Å²) in [6, 6.07) is 21.9. The fourth-order valence-corrected chi connectivity index (χ4v) is 4.56. The molecule has 0 saturated heterocycles. The summed E-state index contributed by atoms with van der Waals surface area (Å²) in [5, 5.41) is 6.84. The van der Waals surface area contributed by atoms with E-state index < -0.39 is 9.84 Å². The van der Waals surface area contributed by atoms with Gasteiger partial charge in [0, 0.05) is 17.3 Å². The smallest absolute Gasteiger partial charge is 0.255 e. The number of ether oxygens (including phenoxy) is 1. The SMILES string of the molecule is O=C(Nc1cccc(OCCn2cncn2)c1)c1cccc(CS(=O)(=O)c2ccccc2)c1. The van der Waals surface area contributed by atoms with E-state index in [-0.39, 0.29) is 16.6 Å². The summed E-state index contributed by atoms with van der Waals surface area (Å²) in [6.45, 7) is 0.952. The van der Waals surface area contributed by atoms with E-state index in [1.54, 1.807) is 89.9 Å². The molecular formula is C24H22N4O4S. The first-order chi connectivity index (χ1) is 16.0. The summed E-state index contributed by atoms with van der Waals surface area (Å²) in [5.41, 5.74) is 1.48. The lowest BCUT2D eigenvalue weighted by atomic mass is 10.1. The average molecular weight is 463 g/mol. The number of amides is 1. The van der Waals surface area contributed by atoms with E-state index in [1.807, 2.05) is 0 Å². The van der Waals surface area contributed by atoms with Crippen LogP contribution in [0.25, 0.3) is 0 Å². The highest BCUT2D eigenvalue weighted by molar-refractivity contribution is 7.90. The largest absolute Gasteiger partial charge is 0.492 e. The molecule has 9 heteroatoms. The molecule has 168 valence electrons. The van der Waals surface area contributed by atoms with Gasteiger partial charge in [-0.2, -0.15) is 5.10 Å². The second kappa shape index (κ2) is 10.1. The molecule has 0 atom stereocenters. The van der Waals surface area contributed by atoms with Gasteiger partial charge < -0.3 is 10.1 Å². The maximum atomic E-state index is 12.8. The quantitative estimate of drug-likeness (QED) is 0.408. The molecule has 0 bridgehead atoms. The molecule has 1 aromatic heterocycles. The van der Waals surface area contributed by atoms with Crippen LogP contribution < -0.4 is 10.1 Å². The molecule has 0 aliphatic rings. The highest BCUT2D eigenvalue weighted by Crippen LogP contribution is 2.20. The van der Waals surface area contributed by atoms with Gasteiger partial charge >= 0.3 is 0 Å². The predicted octanol–water partition coefficient (Wildman–Crippen LogP) is 3.58. The number of anilines is 1. The summed E-state index contributed by atoms with van der Waals surface area (Å²) in [4.78, 5) is 16.9. The van der Waals surface area contributed by atoms with Crippen LogP contribution in [0.2, 0.25) is 0 Å². The Morgan fingerprint density at radius 2 is 1.79 bits per heavy atom. The van der Waals surface area contributed by atoms with E-state index in [0.717, 1.165) is 0 Å². The average Bonchev–Trinajstić information content (AvgIpc) is 3.33.